The van der Waals surface area contributed by atoms with Crippen LogP contribution in [0, 0.1) is 23.7 Å². The summed E-state index contributed by atoms with van der Waals surface area (Å²) >= 11 is 0. The van der Waals surface area contributed by atoms with Gasteiger partial charge in [-0.1, -0.05) is 0 Å². The minimum Gasteiger partial charge on any atom is -0.510 e. The third-order valence-electron chi connectivity index (χ3n) is 10.7. The second kappa shape index (κ2) is 11.8. The van der Waals surface area contributed by atoms with Gasteiger partial charge < -0.3 is 30.5 Å². The molecule has 4 aliphatic carbocycles. The molecule has 1 saturated carbocycles. The lowest BCUT2D eigenvalue weighted by Gasteiger charge is -2.53. The second-order valence-corrected chi connectivity index (χ2v) is 13.9. The van der Waals surface area contributed by atoms with E-state index in [9.17, 15) is 24.9 Å². The Kier molecular flexibility index (Phi) is 8.44. The van der Waals surface area contributed by atoms with Gasteiger partial charge in [0, 0.05) is 51.3 Å². The maximum atomic E-state index is 15.0. The fraction of sp³-hybridized carbons (Fsp3) is 0.636. The van der Waals surface area contributed by atoms with Gasteiger partial charge in [-0.3, -0.25) is 19.4 Å². The average Bonchev–Trinajstić information content (AvgIpc) is 3.62. The predicted octanol–water partition coefficient (Wildman–Crippen LogP) is 3.86. The molecule has 6 rings (SSSR count). The fourth-order valence-electron chi connectivity index (χ4n) is 8.45. The van der Waals surface area contributed by atoms with Crippen LogP contribution in [0.4, 0.5) is 13.2 Å². The minimum atomic E-state index is -4.82. The number of amides is 1. The number of Topliss-reactive ketones (excluding diaryl/α,β-unsaturated/α-hetero) is 1. The van der Waals surface area contributed by atoms with E-state index < -0.39 is 64.0 Å². The first-order valence-electron chi connectivity index (χ1n) is 15.8. The Labute approximate surface area is 265 Å². The maximum Gasteiger partial charge on any atom is 0.417 e. The third-order valence-corrected chi connectivity index (χ3v) is 10.7. The van der Waals surface area contributed by atoms with E-state index in [1.807, 2.05) is 4.90 Å². The number of benzene rings is 1. The Balaban J connectivity index is 1.45. The first-order valence-corrected chi connectivity index (χ1v) is 15.8. The van der Waals surface area contributed by atoms with Crippen molar-refractivity contribution in [1.29, 1.82) is 0 Å². The fourth-order valence-corrected chi connectivity index (χ4v) is 8.45. The molecule has 0 radical (unpaired) electrons. The number of aliphatic hydroxyl groups is 2. The van der Waals surface area contributed by atoms with E-state index in [0.29, 0.717) is 32.2 Å². The number of hydrogen-bond acceptors (Lipinski definition) is 9. The zero-order valence-corrected chi connectivity index (χ0v) is 26.3. The van der Waals surface area contributed by atoms with Crippen LogP contribution in [0.1, 0.15) is 59.2 Å². The standard InChI is InChI=1S/C33H42F3N3O7/c1-38(2)27-22-9-18-8-20-25(29(42)24(18)30(43)32(22,45-3)11-21(28(27)41)31(37)44)23(40)10-19(26(20)33(34,35)36)14-39(12-16-4-5-16)13-17-6-7-46-15-17/h10,16-18,22,27,40-41,43H,4-9,11-15H2,1-3H3,(H2,37,44)/t17?,18-,22-,27-,32-/m0/s1. The lowest BCUT2D eigenvalue weighted by atomic mass is 9.58. The van der Waals surface area contributed by atoms with Crippen molar-refractivity contribution in [3.05, 3.63) is 51.0 Å². The normalized spacial score (nSPS) is 29.8. The zero-order valence-electron chi connectivity index (χ0n) is 26.3. The van der Waals surface area contributed by atoms with Crippen LogP contribution >= 0.6 is 0 Å². The number of allylic oxidation sites excluding steroid dienone is 1. The maximum absolute atomic E-state index is 15.0. The molecule has 5 N–H and O–H groups in total. The Morgan fingerprint density at radius 2 is 1.85 bits per heavy atom. The highest BCUT2D eigenvalue weighted by atomic mass is 19.4. The van der Waals surface area contributed by atoms with Gasteiger partial charge in [0.15, 0.2) is 5.78 Å². The summed E-state index contributed by atoms with van der Waals surface area (Å²) in [6.07, 6.45) is -2.47. The molecule has 5 atom stereocenters. The molecule has 46 heavy (non-hydrogen) atoms. The predicted molar refractivity (Wildman–Crippen MR) is 160 cm³/mol. The number of likely N-dealkylation sites (N-methyl/N-ethyl adjacent to an activating group) is 1. The number of primary amides is 1. The quantitative estimate of drug-likeness (QED) is 0.313. The van der Waals surface area contributed by atoms with Crippen molar-refractivity contribution in [3.8, 4) is 5.75 Å². The van der Waals surface area contributed by atoms with E-state index in [1.54, 1.807) is 19.0 Å². The summed E-state index contributed by atoms with van der Waals surface area (Å²) in [7, 11) is 4.61. The number of rotatable bonds is 9. The third kappa shape index (κ3) is 5.48. The van der Waals surface area contributed by atoms with Gasteiger partial charge in [-0.15, -0.1) is 0 Å². The van der Waals surface area contributed by atoms with Gasteiger partial charge in [0.05, 0.1) is 29.3 Å². The molecule has 5 aliphatic rings. The topological polar surface area (TPSA) is 146 Å². The van der Waals surface area contributed by atoms with E-state index in [0.717, 1.165) is 25.3 Å². The summed E-state index contributed by atoms with van der Waals surface area (Å²) in [6.45, 7) is 2.36. The number of nitrogens with zero attached hydrogens (tertiary/aromatic N) is 2. The summed E-state index contributed by atoms with van der Waals surface area (Å²) in [5.74, 6) is -4.20. The SMILES string of the molecule is CO[C@@]12CC(C(N)=O)=C(O)[C@@H](N(C)C)[C@@H]1C[C@@H]1Cc3c(c(O)cc(CN(CC4CC4)CC4CCOC4)c3C(F)(F)F)C(=O)C1=C2O. The van der Waals surface area contributed by atoms with Crippen molar-refractivity contribution in [3.63, 3.8) is 0 Å². The Bertz CT molecular complexity index is 1500. The van der Waals surface area contributed by atoms with E-state index in [-0.39, 0.29) is 59.8 Å². The summed E-state index contributed by atoms with van der Waals surface area (Å²) in [4.78, 5) is 30.1. The molecule has 0 spiro atoms. The van der Waals surface area contributed by atoms with Crippen LogP contribution in [0.15, 0.2) is 28.7 Å². The Morgan fingerprint density at radius 1 is 1.15 bits per heavy atom. The second-order valence-electron chi connectivity index (χ2n) is 13.9. The number of phenols is 1. The summed E-state index contributed by atoms with van der Waals surface area (Å²) in [5.41, 5.74) is 1.82. The number of ketones is 1. The van der Waals surface area contributed by atoms with E-state index in [4.69, 9.17) is 15.2 Å². The van der Waals surface area contributed by atoms with E-state index in [1.165, 1.54) is 7.11 Å². The van der Waals surface area contributed by atoms with Gasteiger partial charge >= 0.3 is 6.18 Å². The van der Waals surface area contributed by atoms with Crippen LogP contribution in [0.5, 0.6) is 5.75 Å². The molecular formula is C33H42F3N3O7. The zero-order chi connectivity index (χ0) is 33.3. The molecule has 13 heteroatoms. The van der Waals surface area contributed by atoms with Gasteiger partial charge in [0.1, 0.15) is 22.9 Å². The van der Waals surface area contributed by atoms with Crippen LogP contribution in [-0.2, 0) is 33.4 Å². The number of fused-ring (bicyclic) bond motifs is 3. The molecule has 1 heterocycles. The monoisotopic (exact) mass is 649 g/mol. The molecule has 2 fully saturated rings. The lowest BCUT2D eigenvalue weighted by molar-refractivity contribution is -0.139. The molecule has 1 aliphatic heterocycles. The van der Waals surface area contributed by atoms with Crippen LogP contribution in [-0.4, -0.2) is 96.0 Å². The first-order chi connectivity index (χ1) is 21.7. The molecule has 0 aromatic heterocycles. The highest BCUT2D eigenvalue weighted by Crippen LogP contribution is 2.56. The molecular weight excluding hydrogens is 607 g/mol. The van der Waals surface area contributed by atoms with Crippen molar-refractivity contribution >= 4 is 11.7 Å². The lowest BCUT2D eigenvalue weighted by Crippen LogP contribution is -2.60. The average molecular weight is 650 g/mol. The van der Waals surface area contributed by atoms with Crippen molar-refractivity contribution in [2.75, 3.05) is 47.5 Å². The molecule has 1 saturated heterocycles. The first kappa shape index (κ1) is 32.8. The van der Waals surface area contributed by atoms with E-state index >= 15 is 13.2 Å². The molecule has 1 amide bonds. The number of aliphatic hydroxyl groups excluding tert-OH is 2. The van der Waals surface area contributed by atoms with Crippen LogP contribution < -0.4 is 5.73 Å². The number of carbonyl (C=O) groups excluding carboxylic acids is 2. The van der Waals surface area contributed by atoms with Crippen LogP contribution in [0.2, 0.25) is 0 Å². The smallest absolute Gasteiger partial charge is 0.417 e. The van der Waals surface area contributed by atoms with Gasteiger partial charge in [-0.05, 0) is 81.1 Å². The number of methoxy groups -OCH3 is 1. The van der Waals surface area contributed by atoms with Crippen LogP contribution in [0.25, 0.3) is 0 Å². The van der Waals surface area contributed by atoms with Gasteiger partial charge in [0.25, 0.3) is 0 Å². The van der Waals surface area contributed by atoms with Gasteiger partial charge in [-0.2, -0.15) is 13.2 Å². The summed E-state index contributed by atoms with van der Waals surface area (Å²) in [5, 5.41) is 34.1. The number of nitrogens with two attached hydrogens (primary N) is 1. The molecule has 10 nitrogen and oxygen atoms in total. The number of halogens is 3. The van der Waals surface area contributed by atoms with Crippen molar-refractivity contribution < 1.29 is 47.6 Å². The number of aromatic hydroxyl groups is 1. The highest BCUT2D eigenvalue weighted by molar-refractivity contribution is 6.13. The van der Waals surface area contributed by atoms with Gasteiger partial charge in [-0.25, -0.2) is 0 Å². The molecule has 252 valence electrons. The number of carbonyl (C=O) groups is 2. The van der Waals surface area contributed by atoms with Gasteiger partial charge in [0.2, 0.25) is 5.91 Å². The summed E-state index contributed by atoms with van der Waals surface area (Å²) < 4.78 is 56.5. The largest absolute Gasteiger partial charge is 0.510 e. The Morgan fingerprint density at radius 3 is 2.41 bits per heavy atom. The highest BCUT2D eigenvalue weighted by Gasteiger charge is 2.60. The van der Waals surface area contributed by atoms with Crippen LogP contribution in [0.3, 0.4) is 0 Å². The van der Waals surface area contributed by atoms with Crippen molar-refractivity contribution in [2.45, 2.75) is 62.9 Å². The number of phenolic OH excluding ortho intramolecular Hbond substituents is 1. The van der Waals surface area contributed by atoms with Crippen molar-refractivity contribution in [1.82, 2.24) is 9.80 Å². The number of hydrogen-bond donors (Lipinski definition) is 4. The van der Waals surface area contributed by atoms with Crippen molar-refractivity contribution in [2.24, 2.45) is 29.4 Å². The Hall–Kier alpha value is -3.13. The van der Waals surface area contributed by atoms with E-state index in [2.05, 4.69) is 0 Å². The molecule has 1 unspecified atom stereocenters. The molecule has 0 bridgehead atoms. The molecule has 1 aromatic rings. The summed E-state index contributed by atoms with van der Waals surface area (Å²) in [6, 6.07) is 0.170. The number of ether oxygens (including phenoxy) is 2. The minimum absolute atomic E-state index is 0.0395. The molecule has 1 aromatic carbocycles. The number of alkyl halides is 3.